The van der Waals surface area contributed by atoms with E-state index in [1.807, 2.05) is 0 Å². The summed E-state index contributed by atoms with van der Waals surface area (Å²) in [6, 6.07) is -0.0652. The van der Waals surface area contributed by atoms with Gasteiger partial charge >= 0.3 is 6.03 Å². The standard InChI is InChI=1S/C13H19N5O3S/c1-21-7-6-17-11(19)8-18(13(17)20)10-2-4-16(5-3-10)12-15-14-9-22-12/h9-10H,2-8H2,1H3. The van der Waals surface area contributed by atoms with Gasteiger partial charge in [0.2, 0.25) is 11.0 Å². The fourth-order valence-electron chi connectivity index (χ4n) is 2.92. The van der Waals surface area contributed by atoms with Crippen LogP contribution >= 0.6 is 11.3 Å². The number of hydrogen-bond acceptors (Lipinski definition) is 7. The predicted molar refractivity (Wildman–Crippen MR) is 80.8 cm³/mol. The van der Waals surface area contributed by atoms with Crippen LogP contribution in [-0.4, -0.2) is 77.9 Å². The molecule has 0 radical (unpaired) electrons. The molecule has 0 unspecified atom stereocenters. The average molecular weight is 325 g/mol. The quantitative estimate of drug-likeness (QED) is 0.730. The highest BCUT2D eigenvalue weighted by molar-refractivity contribution is 7.13. The molecule has 3 amide bonds. The first kappa shape index (κ1) is 15.2. The summed E-state index contributed by atoms with van der Waals surface area (Å²) in [5, 5.41) is 8.85. The number of carbonyl (C=O) groups excluding carboxylic acids is 2. The topological polar surface area (TPSA) is 78.9 Å². The first-order chi connectivity index (χ1) is 10.7. The molecular formula is C13H19N5O3S. The molecule has 2 fully saturated rings. The van der Waals surface area contributed by atoms with Crippen molar-refractivity contribution in [1.82, 2.24) is 20.0 Å². The highest BCUT2D eigenvalue weighted by atomic mass is 32.1. The number of rotatable bonds is 5. The van der Waals surface area contributed by atoms with E-state index in [9.17, 15) is 9.59 Å². The summed E-state index contributed by atoms with van der Waals surface area (Å²) >= 11 is 1.52. The van der Waals surface area contributed by atoms with Crippen molar-refractivity contribution in [3.05, 3.63) is 5.51 Å². The summed E-state index contributed by atoms with van der Waals surface area (Å²) in [5.41, 5.74) is 1.72. The fraction of sp³-hybridized carbons (Fsp3) is 0.692. The molecule has 1 aromatic rings. The number of ether oxygens (including phenoxy) is 1. The lowest BCUT2D eigenvalue weighted by Crippen LogP contribution is -2.46. The highest BCUT2D eigenvalue weighted by Crippen LogP contribution is 2.25. The fourth-order valence-corrected chi connectivity index (χ4v) is 3.54. The molecule has 0 atom stereocenters. The molecule has 0 N–H and O–H groups in total. The van der Waals surface area contributed by atoms with Gasteiger partial charge in [0.05, 0.1) is 13.2 Å². The Balaban J connectivity index is 1.57. The van der Waals surface area contributed by atoms with Gasteiger partial charge in [-0.15, -0.1) is 10.2 Å². The maximum atomic E-state index is 12.4. The molecule has 3 heterocycles. The average Bonchev–Trinajstić information content (AvgIpc) is 3.15. The monoisotopic (exact) mass is 325 g/mol. The number of hydrogen-bond donors (Lipinski definition) is 0. The van der Waals surface area contributed by atoms with E-state index in [0.717, 1.165) is 31.1 Å². The second-order valence-corrected chi connectivity index (χ2v) is 6.20. The van der Waals surface area contributed by atoms with Crippen molar-refractivity contribution in [2.24, 2.45) is 0 Å². The normalized spacial score (nSPS) is 20.3. The van der Waals surface area contributed by atoms with Crippen molar-refractivity contribution in [1.29, 1.82) is 0 Å². The molecule has 0 saturated carbocycles. The Labute approximate surface area is 132 Å². The van der Waals surface area contributed by atoms with Crippen LogP contribution in [0, 0.1) is 0 Å². The second kappa shape index (κ2) is 6.57. The minimum absolute atomic E-state index is 0.119. The minimum Gasteiger partial charge on any atom is -0.383 e. The Morgan fingerprint density at radius 2 is 2.14 bits per heavy atom. The predicted octanol–water partition coefficient (Wildman–Crippen LogP) is 0.417. The molecule has 3 rings (SSSR count). The smallest absolute Gasteiger partial charge is 0.327 e. The van der Waals surface area contributed by atoms with E-state index in [1.165, 1.54) is 16.2 Å². The molecule has 2 aliphatic rings. The third kappa shape index (κ3) is 2.91. The van der Waals surface area contributed by atoms with E-state index in [0.29, 0.717) is 13.2 Å². The van der Waals surface area contributed by atoms with Gasteiger partial charge < -0.3 is 14.5 Å². The first-order valence-corrected chi connectivity index (χ1v) is 8.19. The van der Waals surface area contributed by atoms with Crippen LogP contribution in [0.3, 0.4) is 0 Å². The Morgan fingerprint density at radius 3 is 2.77 bits per heavy atom. The maximum Gasteiger partial charge on any atom is 0.327 e. The van der Waals surface area contributed by atoms with Gasteiger partial charge in [0.15, 0.2) is 0 Å². The number of urea groups is 1. The van der Waals surface area contributed by atoms with Gasteiger partial charge in [0.25, 0.3) is 0 Å². The van der Waals surface area contributed by atoms with E-state index in [2.05, 4.69) is 15.1 Å². The Kier molecular flexibility index (Phi) is 4.53. The number of methoxy groups -OCH3 is 1. The van der Waals surface area contributed by atoms with E-state index >= 15 is 0 Å². The molecule has 22 heavy (non-hydrogen) atoms. The number of imide groups is 1. The number of amides is 3. The van der Waals surface area contributed by atoms with E-state index in [-0.39, 0.29) is 24.5 Å². The van der Waals surface area contributed by atoms with Gasteiger partial charge in [0, 0.05) is 26.2 Å². The zero-order valence-electron chi connectivity index (χ0n) is 12.5. The van der Waals surface area contributed by atoms with Crippen molar-refractivity contribution in [3.63, 3.8) is 0 Å². The van der Waals surface area contributed by atoms with Gasteiger partial charge in [-0.3, -0.25) is 9.69 Å². The Morgan fingerprint density at radius 1 is 1.36 bits per heavy atom. The largest absolute Gasteiger partial charge is 0.383 e. The van der Waals surface area contributed by atoms with Crippen LogP contribution in [0.4, 0.5) is 9.93 Å². The summed E-state index contributed by atoms with van der Waals surface area (Å²) in [6.07, 6.45) is 1.69. The molecule has 0 spiro atoms. The van der Waals surface area contributed by atoms with Crippen LogP contribution in [-0.2, 0) is 9.53 Å². The highest BCUT2D eigenvalue weighted by Gasteiger charge is 2.40. The molecule has 1 aromatic heterocycles. The lowest BCUT2D eigenvalue weighted by atomic mass is 10.0. The molecule has 120 valence electrons. The first-order valence-electron chi connectivity index (χ1n) is 7.31. The zero-order chi connectivity index (χ0) is 15.5. The van der Waals surface area contributed by atoms with Crippen molar-refractivity contribution in [2.75, 3.05) is 44.8 Å². The second-order valence-electron chi connectivity index (χ2n) is 5.39. The van der Waals surface area contributed by atoms with E-state index in [4.69, 9.17) is 4.74 Å². The lowest BCUT2D eigenvalue weighted by Gasteiger charge is -2.35. The van der Waals surface area contributed by atoms with Crippen LogP contribution < -0.4 is 4.90 Å². The van der Waals surface area contributed by atoms with Crippen LogP contribution in [0.25, 0.3) is 0 Å². The summed E-state index contributed by atoms with van der Waals surface area (Å²) in [7, 11) is 1.56. The van der Waals surface area contributed by atoms with Gasteiger partial charge in [-0.1, -0.05) is 11.3 Å². The maximum absolute atomic E-state index is 12.4. The van der Waals surface area contributed by atoms with Gasteiger partial charge in [-0.05, 0) is 12.8 Å². The van der Waals surface area contributed by atoms with Crippen molar-refractivity contribution < 1.29 is 14.3 Å². The number of piperidine rings is 1. The lowest BCUT2D eigenvalue weighted by molar-refractivity contribution is -0.125. The third-order valence-electron chi connectivity index (χ3n) is 4.13. The minimum atomic E-state index is -0.184. The molecule has 0 aromatic carbocycles. The summed E-state index contributed by atoms with van der Waals surface area (Å²) in [5.74, 6) is -0.131. The molecule has 9 heteroatoms. The van der Waals surface area contributed by atoms with Gasteiger partial charge in [-0.2, -0.15) is 0 Å². The molecular weight excluding hydrogens is 306 g/mol. The number of carbonyl (C=O) groups is 2. The Hall–Kier alpha value is -1.74. The van der Waals surface area contributed by atoms with Gasteiger partial charge in [-0.25, -0.2) is 4.79 Å². The SMILES string of the molecule is COCCN1C(=O)CN(C2CCN(c3nncs3)CC2)C1=O. The van der Waals surface area contributed by atoms with Crippen LogP contribution in [0.5, 0.6) is 0 Å². The Bertz CT molecular complexity index is 530. The molecule has 8 nitrogen and oxygen atoms in total. The van der Waals surface area contributed by atoms with Crippen LogP contribution in [0.15, 0.2) is 5.51 Å². The van der Waals surface area contributed by atoms with Crippen LogP contribution in [0.2, 0.25) is 0 Å². The number of nitrogens with zero attached hydrogens (tertiary/aromatic N) is 5. The third-order valence-corrected chi connectivity index (χ3v) is 4.88. The molecule has 0 aliphatic carbocycles. The van der Waals surface area contributed by atoms with Crippen molar-refractivity contribution in [3.8, 4) is 0 Å². The van der Waals surface area contributed by atoms with E-state index < -0.39 is 0 Å². The van der Waals surface area contributed by atoms with Crippen LogP contribution in [0.1, 0.15) is 12.8 Å². The summed E-state index contributed by atoms with van der Waals surface area (Å²) in [4.78, 5) is 29.5. The number of aromatic nitrogens is 2. The summed E-state index contributed by atoms with van der Waals surface area (Å²) in [6.45, 7) is 2.55. The van der Waals surface area contributed by atoms with E-state index in [1.54, 1.807) is 17.5 Å². The number of anilines is 1. The van der Waals surface area contributed by atoms with Gasteiger partial charge in [0.1, 0.15) is 12.1 Å². The van der Waals surface area contributed by atoms with Crippen molar-refractivity contribution >= 4 is 28.4 Å². The molecule has 2 saturated heterocycles. The summed E-state index contributed by atoms with van der Waals surface area (Å²) < 4.78 is 4.95. The molecule has 2 aliphatic heterocycles. The zero-order valence-corrected chi connectivity index (χ0v) is 13.3. The molecule has 0 bridgehead atoms. The van der Waals surface area contributed by atoms with Crippen molar-refractivity contribution in [2.45, 2.75) is 18.9 Å².